The van der Waals surface area contributed by atoms with Crippen molar-refractivity contribution in [1.82, 2.24) is 0 Å². The summed E-state index contributed by atoms with van der Waals surface area (Å²) in [4.78, 5) is 44.8. The summed E-state index contributed by atoms with van der Waals surface area (Å²) in [7, 11) is 0. The molecule has 0 fully saturated rings. The van der Waals surface area contributed by atoms with Gasteiger partial charge in [-0.3, -0.25) is 40.7 Å². The van der Waals surface area contributed by atoms with Gasteiger partial charge in [0.2, 0.25) is 10.9 Å². The molecule has 3 aromatic carbocycles. The zero-order chi connectivity index (χ0) is 22.5. The summed E-state index contributed by atoms with van der Waals surface area (Å²) in [6.07, 6.45) is 0. The van der Waals surface area contributed by atoms with Gasteiger partial charge in [0.05, 0.1) is 21.2 Å². The Labute approximate surface area is 171 Å². The lowest BCUT2D eigenvalue weighted by Gasteiger charge is -2.00. The second-order valence-electron chi connectivity index (χ2n) is 5.98. The van der Waals surface area contributed by atoms with E-state index in [1.807, 2.05) is 0 Å². The largest absolute Gasteiger partial charge is 0.505 e. The maximum Gasteiger partial charge on any atom is 0.269 e. The predicted molar refractivity (Wildman–Crippen MR) is 108 cm³/mol. The molecule has 0 heterocycles. The van der Waals surface area contributed by atoms with E-state index in [0.717, 1.165) is 6.07 Å². The van der Waals surface area contributed by atoms with Gasteiger partial charge in [0.25, 0.3) is 11.4 Å². The molecule has 0 aliphatic carbocycles. The van der Waals surface area contributed by atoms with E-state index < -0.39 is 37.2 Å². The second kappa shape index (κ2) is 8.60. The normalized spacial score (nSPS) is 11.9. The third kappa shape index (κ3) is 4.73. The number of aromatic hydroxyl groups is 1. The number of nitrogens with one attached hydrogen (secondary N) is 2. The van der Waals surface area contributed by atoms with Crippen molar-refractivity contribution in [2.45, 2.75) is 0 Å². The van der Waals surface area contributed by atoms with Gasteiger partial charge in [-0.2, -0.15) is 10.2 Å². The minimum absolute atomic E-state index is 0.146. The molecule has 13 nitrogen and oxygen atoms in total. The number of benzene rings is 3. The summed E-state index contributed by atoms with van der Waals surface area (Å²) in [6.45, 7) is 0. The monoisotopic (exact) mass is 424 g/mol. The highest BCUT2D eigenvalue weighted by molar-refractivity contribution is 5.48. The highest BCUT2D eigenvalue weighted by Gasteiger charge is 2.09. The number of hydrogen-bond acceptors (Lipinski definition) is 11. The third-order valence-electron chi connectivity index (χ3n) is 3.92. The van der Waals surface area contributed by atoms with Gasteiger partial charge in [-0.15, -0.1) is 0 Å². The van der Waals surface area contributed by atoms with E-state index in [-0.39, 0.29) is 22.7 Å². The Morgan fingerprint density at radius 3 is 1.58 bits per heavy atom. The molecule has 13 heteroatoms. The van der Waals surface area contributed by atoms with Crippen molar-refractivity contribution in [3.8, 4) is 5.75 Å². The molecule has 0 aliphatic heterocycles. The number of non-ortho nitro benzene ring substituents is 2. The molecule has 156 valence electrons. The van der Waals surface area contributed by atoms with Crippen molar-refractivity contribution < 1.29 is 15.0 Å². The van der Waals surface area contributed by atoms with Gasteiger partial charge in [0, 0.05) is 30.3 Å². The van der Waals surface area contributed by atoms with Crippen LogP contribution in [0.2, 0.25) is 0 Å². The summed E-state index contributed by atoms with van der Waals surface area (Å²) in [6, 6.07) is 10.9. The first kappa shape index (κ1) is 20.8. The fraction of sp³-hybridized carbons (Fsp3) is 0. The number of phenols is 1. The van der Waals surface area contributed by atoms with E-state index in [4.69, 9.17) is 0 Å². The van der Waals surface area contributed by atoms with E-state index >= 15 is 0 Å². The van der Waals surface area contributed by atoms with Gasteiger partial charge in [0.1, 0.15) is 0 Å². The zero-order valence-electron chi connectivity index (χ0n) is 15.4. The topological polar surface area (TPSA) is 189 Å². The summed E-state index contributed by atoms with van der Waals surface area (Å²) < 4.78 is 0. The minimum Gasteiger partial charge on any atom is -0.505 e. The quantitative estimate of drug-likeness (QED) is 0.377. The van der Waals surface area contributed by atoms with Gasteiger partial charge >= 0.3 is 0 Å². The van der Waals surface area contributed by atoms with Crippen LogP contribution in [0.1, 0.15) is 0 Å². The van der Waals surface area contributed by atoms with Crippen LogP contribution in [0.5, 0.6) is 5.75 Å². The Kier molecular flexibility index (Phi) is 5.77. The molecule has 0 unspecified atom stereocenters. The van der Waals surface area contributed by atoms with Crippen LogP contribution in [0.4, 0.5) is 22.7 Å². The predicted octanol–water partition coefficient (Wildman–Crippen LogP) is 0.660. The Morgan fingerprint density at radius 1 is 0.742 bits per heavy atom. The number of hydrogen-bond donors (Lipinski definition) is 3. The van der Waals surface area contributed by atoms with Crippen LogP contribution >= 0.6 is 0 Å². The highest BCUT2D eigenvalue weighted by Crippen LogP contribution is 2.15. The number of phenolic OH excluding ortho intramolecular Hbond substituents is 1. The standard InChI is InChI=1S/C18H12N6O7/c25-14-9-15(26)17(22-20-11-3-7-13(8-4-11)24(30)31)18(27)16(14)21-19-10-1-5-12(6-2-10)23(28)29/h1-9,19-20,25H/b21-16-,22-17+. The maximum atomic E-state index is 12.5. The number of rotatable bonds is 6. The molecule has 0 spiro atoms. The average Bonchev–Trinajstić information content (AvgIpc) is 2.74. The van der Waals surface area contributed by atoms with E-state index in [1.165, 1.54) is 48.5 Å². The molecule has 0 aliphatic rings. The zero-order valence-corrected chi connectivity index (χ0v) is 15.4. The first-order chi connectivity index (χ1) is 14.8. The van der Waals surface area contributed by atoms with Crippen LogP contribution in [0.3, 0.4) is 0 Å². The van der Waals surface area contributed by atoms with Crippen molar-refractivity contribution in [2.24, 2.45) is 10.2 Å². The van der Waals surface area contributed by atoms with Crippen molar-refractivity contribution in [2.75, 3.05) is 10.9 Å². The van der Waals surface area contributed by atoms with Gasteiger partial charge < -0.3 is 5.11 Å². The molecule has 0 aromatic heterocycles. The lowest BCUT2D eigenvalue weighted by atomic mass is 10.3. The van der Waals surface area contributed by atoms with E-state index in [1.54, 1.807) is 0 Å². The van der Waals surface area contributed by atoms with Gasteiger partial charge in [-0.05, 0) is 24.3 Å². The van der Waals surface area contributed by atoms with Crippen LogP contribution in [-0.2, 0) is 0 Å². The van der Waals surface area contributed by atoms with Crippen molar-refractivity contribution >= 4 is 22.7 Å². The molecule has 3 aromatic rings. The molecular formula is C18H12N6O7. The van der Waals surface area contributed by atoms with Crippen molar-refractivity contribution in [3.63, 3.8) is 0 Å². The van der Waals surface area contributed by atoms with Gasteiger partial charge in [-0.25, -0.2) is 0 Å². The summed E-state index contributed by atoms with van der Waals surface area (Å²) >= 11 is 0. The fourth-order valence-electron chi connectivity index (χ4n) is 2.37. The Balaban J connectivity index is 1.93. The molecule has 0 bridgehead atoms. The summed E-state index contributed by atoms with van der Waals surface area (Å²) in [5.74, 6) is -0.682. The smallest absolute Gasteiger partial charge is 0.269 e. The minimum atomic E-state index is -0.978. The van der Waals surface area contributed by atoms with Crippen molar-refractivity contribution in [3.05, 3.63) is 106 Å². The Morgan fingerprint density at radius 2 is 1.16 bits per heavy atom. The van der Waals surface area contributed by atoms with Crippen LogP contribution < -0.4 is 32.4 Å². The Hall–Kier alpha value is -4.94. The SMILES string of the molecule is O=c1cc(O)/c(=N/Nc2ccc([N+](=O)[O-])cc2)c(=O)/c1=N/Nc1ccc([N+](=O)[O-])cc1. The van der Waals surface area contributed by atoms with E-state index in [9.17, 15) is 34.9 Å². The first-order valence-electron chi connectivity index (χ1n) is 8.42. The van der Waals surface area contributed by atoms with Crippen LogP contribution in [-0.4, -0.2) is 15.0 Å². The maximum absolute atomic E-state index is 12.5. The second-order valence-corrected chi connectivity index (χ2v) is 5.98. The average molecular weight is 424 g/mol. The molecule has 3 rings (SSSR count). The van der Waals surface area contributed by atoms with E-state index in [0.29, 0.717) is 0 Å². The molecule has 0 saturated carbocycles. The molecule has 0 radical (unpaired) electrons. The van der Waals surface area contributed by atoms with Crippen LogP contribution in [0.15, 0.2) is 74.4 Å². The van der Waals surface area contributed by atoms with Gasteiger partial charge in [0.15, 0.2) is 16.5 Å². The van der Waals surface area contributed by atoms with Crippen LogP contribution in [0.25, 0.3) is 0 Å². The molecule has 3 N–H and O–H groups in total. The molecule has 0 saturated heterocycles. The molecule has 0 atom stereocenters. The summed E-state index contributed by atoms with van der Waals surface area (Å²) in [5, 5.41) is 37.7. The lowest BCUT2D eigenvalue weighted by molar-refractivity contribution is -0.385. The number of anilines is 2. The highest BCUT2D eigenvalue weighted by atomic mass is 16.6. The molecule has 0 amide bonds. The molecular weight excluding hydrogens is 412 g/mol. The van der Waals surface area contributed by atoms with Crippen molar-refractivity contribution in [1.29, 1.82) is 0 Å². The molecule has 31 heavy (non-hydrogen) atoms. The van der Waals surface area contributed by atoms with E-state index in [2.05, 4.69) is 21.1 Å². The fourth-order valence-corrected chi connectivity index (χ4v) is 2.37. The number of nitro benzene ring substituents is 2. The number of nitrogens with zero attached hydrogens (tertiary/aromatic N) is 4. The van der Waals surface area contributed by atoms with Gasteiger partial charge in [-0.1, -0.05) is 0 Å². The third-order valence-corrected chi connectivity index (χ3v) is 3.92. The van der Waals surface area contributed by atoms with Crippen LogP contribution in [0, 0.1) is 20.2 Å². The lowest BCUT2D eigenvalue weighted by Crippen LogP contribution is -2.48. The number of nitro groups is 2. The Bertz CT molecular complexity index is 1380. The first-order valence-corrected chi connectivity index (χ1v) is 8.42. The summed E-state index contributed by atoms with van der Waals surface area (Å²) in [5.41, 5.74) is 3.33.